The van der Waals surface area contributed by atoms with Crippen LogP contribution in [-0.2, 0) is 0 Å². The van der Waals surface area contributed by atoms with Gasteiger partial charge in [0.15, 0.2) is 0 Å². The van der Waals surface area contributed by atoms with Crippen LogP contribution in [0, 0.1) is 13.8 Å². The predicted molar refractivity (Wildman–Crippen MR) is 81.7 cm³/mol. The molecule has 1 N–H and O–H groups in total. The molecule has 1 aromatic heterocycles. The lowest BCUT2D eigenvalue weighted by molar-refractivity contribution is 0.399. The van der Waals surface area contributed by atoms with Gasteiger partial charge in [-0.25, -0.2) is 4.98 Å². The van der Waals surface area contributed by atoms with Crippen LogP contribution in [0.25, 0.3) is 11.0 Å². The fourth-order valence-electron chi connectivity index (χ4n) is 2.39. The van der Waals surface area contributed by atoms with Crippen molar-refractivity contribution in [2.45, 2.75) is 53.1 Å². The minimum Gasteiger partial charge on any atom is -0.326 e. The Bertz CT molecular complexity index is 556. The van der Waals surface area contributed by atoms with E-state index in [4.69, 9.17) is 0 Å². The van der Waals surface area contributed by atoms with Crippen LogP contribution in [-0.4, -0.2) is 22.1 Å². The third-order valence-electron chi connectivity index (χ3n) is 4.07. The second kappa shape index (κ2) is 5.74. The molecule has 3 nitrogen and oxygen atoms in total. The molecule has 3 heteroatoms. The van der Waals surface area contributed by atoms with Gasteiger partial charge in [0.2, 0.25) is 0 Å². The van der Waals surface area contributed by atoms with E-state index in [2.05, 4.69) is 61.6 Å². The average Bonchev–Trinajstić information content (AvgIpc) is 2.78. The molecule has 1 aromatic carbocycles. The van der Waals surface area contributed by atoms with Gasteiger partial charge in [0.1, 0.15) is 0 Å². The Morgan fingerprint density at radius 2 is 1.89 bits per heavy atom. The zero-order valence-electron chi connectivity index (χ0n) is 12.7. The Labute approximate surface area is 116 Å². The summed E-state index contributed by atoms with van der Waals surface area (Å²) in [6.07, 6.45) is 3.14. The summed E-state index contributed by atoms with van der Waals surface area (Å²) in [5, 5.41) is 3.56. The number of nitrogens with one attached hydrogen (secondary N) is 1. The van der Waals surface area contributed by atoms with Crippen LogP contribution in [0.5, 0.6) is 0 Å². The summed E-state index contributed by atoms with van der Waals surface area (Å²) >= 11 is 0. The molecular formula is C16H25N3. The number of hydrogen-bond donors (Lipinski definition) is 1. The van der Waals surface area contributed by atoms with Crippen LogP contribution in [0.2, 0.25) is 0 Å². The quantitative estimate of drug-likeness (QED) is 0.889. The molecule has 0 saturated heterocycles. The van der Waals surface area contributed by atoms with Crippen molar-refractivity contribution in [3.05, 3.63) is 29.6 Å². The summed E-state index contributed by atoms with van der Waals surface area (Å²) in [6, 6.07) is 5.27. The molecule has 1 heterocycles. The Hall–Kier alpha value is -1.35. The summed E-state index contributed by atoms with van der Waals surface area (Å²) < 4.78 is 2.29. The highest BCUT2D eigenvalue weighted by Gasteiger charge is 2.16. The van der Waals surface area contributed by atoms with E-state index in [1.165, 1.54) is 23.1 Å². The van der Waals surface area contributed by atoms with Crippen molar-refractivity contribution < 1.29 is 0 Å². The molecule has 0 aliphatic carbocycles. The second-order valence-corrected chi connectivity index (χ2v) is 5.56. The maximum atomic E-state index is 4.54. The number of nitrogens with zero attached hydrogens (tertiary/aromatic N) is 2. The molecule has 0 spiro atoms. The maximum Gasteiger partial charge on any atom is 0.0961 e. The number of benzene rings is 1. The highest BCUT2D eigenvalue weighted by Crippen LogP contribution is 2.23. The van der Waals surface area contributed by atoms with Gasteiger partial charge in [-0.3, -0.25) is 0 Å². The molecule has 0 aliphatic heterocycles. The number of aromatic nitrogens is 2. The zero-order valence-corrected chi connectivity index (χ0v) is 12.7. The summed E-state index contributed by atoms with van der Waals surface area (Å²) in [7, 11) is 0. The Morgan fingerprint density at radius 1 is 1.21 bits per heavy atom. The van der Waals surface area contributed by atoms with E-state index in [0.717, 1.165) is 12.1 Å². The first-order valence-electron chi connectivity index (χ1n) is 7.21. The smallest absolute Gasteiger partial charge is 0.0961 e. The van der Waals surface area contributed by atoms with Gasteiger partial charge in [-0.1, -0.05) is 6.92 Å². The molecule has 104 valence electrons. The molecule has 0 radical (unpaired) electrons. The van der Waals surface area contributed by atoms with Gasteiger partial charge >= 0.3 is 0 Å². The molecule has 2 aromatic rings. The molecular weight excluding hydrogens is 234 g/mol. The molecule has 0 bridgehead atoms. The third-order valence-corrected chi connectivity index (χ3v) is 4.07. The standard InChI is InChI=1S/C16H25N3/c1-6-7-17-13(4)14(5)19-10-18-15-8-11(2)12(3)9-16(15)19/h8-10,13-14,17H,6-7H2,1-5H3. The van der Waals surface area contributed by atoms with Gasteiger partial charge in [0.25, 0.3) is 0 Å². The Balaban J connectivity index is 2.32. The summed E-state index contributed by atoms with van der Waals surface area (Å²) in [6.45, 7) is 12.1. The lowest BCUT2D eigenvalue weighted by atomic mass is 10.1. The van der Waals surface area contributed by atoms with Crippen LogP contribution in [0.15, 0.2) is 18.5 Å². The summed E-state index contributed by atoms with van der Waals surface area (Å²) in [5.74, 6) is 0. The Kier molecular flexibility index (Phi) is 4.25. The van der Waals surface area contributed by atoms with E-state index >= 15 is 0 Å². The van der Waals surface area contributed by atoms with E-state index in [-0.39, 0.29) is 0 Å². The molecule has 2 atom stereocenters. The second-order valence-electron chi connectivity index (χ2n) is 5.56. The van der Waals surface area contributed by atoms with Crippen LogP contribution in [0.3, 0.4) is 0 Å². The monoisotopic (exact) mass is 259 g/mol. The first-order chi connectivity index (χ1) is 9.04. The highest BCUT2D eigenvalue weighted by molar-refractivity contribution is 5.77. The van der Waals surface area contributed by atoms with E-state index < -0.39 is 0 Å². The average molecular weight is 259 g/mol. The SMILES string of the molecule is CCCNC(C)C(C)n1cnc2cc(C)c(C)cc21. The van der Waals surface area contributed by atoms with Crippen molar-refractivity contribution in [2.24, 2.45) is 0 Å². The van der Waals surface area contributed by atoms with Crippen LogP contribution in [0.4, 0.5) is 0 Å². The third kappa shape index (κ3) is 2.81. The minimum atomic E-state index is 0.402. The van der Waals surface area contributed by atoms with E-state index in [9.17, 15) is 0 Å². The molecule has 0 amide bonds. The van der Waals surface area contributed by atoms with Crippen molar-refractivity contribution in [1.82, 2.24) is 14.9 Å². The van der Waals surface area contributed by atoms with Crippen LogP contribution >= 0.6 is 0 Å². The van der Waals surface area contributed by atoms with Gasteiger partial charge in [-0.05, 0) is 63.9 Å². The largest absolute Gasteiger partial charge is 0.326 e. The number of rotatable bonds is 5. The highest BCUT2D eigenvalue weighted by atomic mass is 15.1. The number of hydrogen-bond acceptors (Lipinski definition) is 2. The van der Waals surface area contributed by atoms with E-state index in [0.29, 0.717) is 12.1 Å². The van der Waals surface area contributed by atoms with Crippen LogP contribution < -0.4 is 5.32 Å². The number of fused-ring (bicyclic) bond motifs is 1. The fraction of sp³-hybridized carbons (Fsp3) is 0.562. The van der Waals surface area contributed by atoms with E-state index in [1.54, 1.807) is 0 Å². The first kappa shape index (κ1) is 14.1. The van der Waals surface area contributed by atoms with Gasteiger partial charge in [-0.15, -0.1) is 0 Å². The Morgan fingerprint density at radius 3 is 2.58 bits per heavy atom. The van der Waals surface area contributed by atoms with E-state index in [1.807, 2.05) is 6.33 Å². The molecule has 2 unspecified atom stereocenters. The van der Waals surface area contributed by atoms with Crippen molar-refractivity contribution in [1.29, 1.82) is 0 Å². The topological polar surface area (TPSA) is 29.9 Å². The van der Waals surface area contributed by atoms with Gasteiger partial charge in [0, 0.05) is 12.1 Å². The normalized spacial score (nSPS) is 14.8. The molecule has 19 heavy (non-hydrogen) atoms. The van der Waals surface area contributed by atoms with Crippen molar-refractivity contribution in [2.75, 3.05) is 6.54 Å². The zero-order chi connectivity index (χ0) is 14.0. The van der Waals surface area contributed by atoms with Crippen LogP contribution in [0.1, 0.15) is 44.4 Å². The van der Waals surface area contributed by atoms with Crippen molar-refractivity contribution in [3.63, 3.8) is 0 Å². The molecule has 0 saturated carbocycles. The summed E-state index contributed by atoms with van der Waals surface area (Å²) in [4.78, 5) is 4.54. The lowest BCUT2D eigenvalue weighted by Gasteiger charge is -2.23. The first-order valence-corrected chi connectivity index (χ1v) is 7.21. The lowest BCUT2D eigenvalue weighted by Crippen LogP contribution is -2.33. The fourth-order valence-corrected chi connectivity index (χ4v) is 2.39. The molecule has 0 fully saturated rings. The van der Waals surface area contributed by atoms with Crippen molar-refractivity contribution >= 4 is 11.0 Å². The predicted octanol–water partition coefficient (Wildman–Crippen LogP) is 3.60. The van der Waals surface area contributed by atoms with Gasteiger partial charge in [0.05, 0.1) is 17.4 Å². The number of aryl methyl sites for hydroxylation is 2. The number of imidazole rings is 1. The maximum absolute atomic E-state index is 4.54. The van der Waals surface area contributed by atoms with Gasteiger partial charge in [-0.2, -0.15) is 0 Å². The van der Waals surface area contributed by atoms with Crippen molar-refractivity contribution in [3.8, 4) is 0 Å². The minimum absolute atomic E-state index is 0.402. The summed E-state index contributed by atoms with van der Waals surface area (Å²) in [5.41, 5.74) is 4.97. The molecule has 2 rings (SSSR count). The van der Waals surface area contributed by atoms with Gasteiger partial charge < -0.3 is 9.88 Å². The molecule has 0 aliphatic rings.